The van der Waals surface area contributed by atoms with E-state index in [1.807, 2.05) is 49.1 Å². The first-order valence-electron chi connectivity index (χ1n) is 5.91. The van der Waals surface area contributed by atoms with E-state index in [0.29, 0.717) is 6.61 Å². The second kappa shape index (κ2) is 5.11. The molecular formula is C12H20O3S3. The minimum absolute atomic E-state index is 0.0391. The normalized spacial score (nSPS) is 34.5. The zero-order valence-electron chi connectivity index (χ0n) is 11.4. The molecule has 3 atom stereocenters. The number of carbonyl (C=O) groups is 1. The van der Waals surface area contributed by atoms with E-state index in [9.17, 15) is 4.79 Å². The summed E-state index contributed by atoms with van der Waals surface area (Å²) in [6.45, 7) is 4.52. The molecule has 2 rings (SSSR count). The van der Waals surface area contributed by atoms with Crippen LogP contribution >= 0.6 is 35.3 Å². The van der Waals surface area contributed by atoms with Crippen LogP contribution in [-0.4, -0.2) is 46.5 Å². The third-order valence-electron chi connectivity index (χ3n) is 3.91. The largest absolute Gasteiger partial charge is 0.459 e. The topological polar surface area (TPSA) is 35.5 Å². The summed E-state index contributed by atoms with van der Waals surface area (Å²) in [5.41, 5.74) is -0.429. The van der Waals surface area contributed by atoms with Gasteiger partial charge >= 0.3 is 5.97 Å². The lowest BCUT2D eigenvalue weighted by Gasteiger charge is -2.46. The number of hydrogen-bond acceptors (Lipinski definition) is 6. The third kappa shape index (κ3) is 2.09. The Balaban J connectivity index is 2.41. The molecule has 3 nitrogen and oxygen atoms in total. The molecule has 0 radical (unpaired) electrons. The molecular weight excluding hydrogens is 288 g/mol. The van der Waals surface area contributed by atoms with E-state index in [2.05, 4.69) is 18.8 Å². The highest BCUT2D eigenvalue weighted by molar-refractivity contribution is 8.33. The van der Waals surface area contributed by atoms with Crippen molar-refractivity contribution >= 4 is 41.3 Å². The van der Waals surface area contributed by atoms with Crippen molar-refractivity contribution < 1.29 is 14.3 Å². The summed E-state index contributed by atoms with van der Waals surface area (Å²) in [6, 6.07) is 0. The Hall–Kier alpha value is 0.480. The standard InChI is InChI=1S/C12H20O3S3/c1-11(2)9-8(12(16-3,17-4)18-5)7(6-14-11)15-10(9)13/h7-9H,6H2,1-5H3/t7-,8-,9+/m1/s1. The minimum Gasteiger partial charge on any atom is -0.459 e. The van der Waals surface area contributed by atoms with Crippen LogP contribution in [0.3, 0.4) is 0 Å². The van der Waals surface area contributed by atoms with Crippen LogP contribution in [0.1, 0.15) is 13.8 Å². The smallest absolute Gasteiger partial charge is 0.312 e. The fraction of sp³-hybridized carbons (Fsp3) is 0.917. The lowest BCUT2D eigenvalue weighted by molar-refractivity contribution is -0.145. The highest BCUT2D eigenvalue weighted by atomic mass is 32.3. The molecule has 104 valence electrons. The summed E-state index contributed by atoms with van der Waals surface area (Å²) < 4.78 is 11.3. The van der Waals surface area contributed by atoms with Crippen molar-refractivity contribution in [1.82, 2.24) is 0 Å². The van der Waals surface area contributed by atoms with Crippen LogP contribution in [-0.2, 0) is 14.3 Å². The van der Waals surface area contributed by atoms with Crippen LogP contribution in [0, 0.1) is 11.8 Å². The molecule has 0 amide bonds. The third-order valence-corrected chi connectivity index (χ3v) is 9.44. The summed E-state index contributed by atoms with van der Waals surface area (Å²) in [4.78, 5) is 12.1. The quantitative estimate of drug-likeness (QED) is 0.587. The number of fused-ring (bicyclic) bond motifs is 2. The summed E-state index contributed by atoms with van der Waals surface area (Å²) in [5.74, 6) is -0.0497. The Morgan fingerprint density at radius 3 is 2.28 bits per heavy atom. The van der Waals surface area contributed by atoms with E-state index in [-0.39, 0.29) is 27.3 Å². The van der Waals surface area contributed by atoms with Gasteiger partial charge in [0, 0.05) is 5.92 Å². The molecule has 6 heteroatoms. The second-order valence-corrected chi connectivity index (χ2v) is 9.04. The van der Waals surface area contributed by atoms with Crippen molar-refractivity contribution in [3.8, 4) is 0 Å². The van der Waals surface area contributed by atoms with E-state index in [4.69, 9.17) is 9.47 Å². The molecule has 2 fully saturated rings. The van der Waals surface area contributed by atoms with Crippen LogP contribution in [0.2, 0.25) is 0 Å². The number of esters is 1. The molecule has 2 saturated heterocycles. The first kappa shape index (κ1) is 14.9. The van der Waals surface area contributed by atoms with Gasteiger partial charge in [0.2, 0.25) is 0 Å². The van der Waals surface area contributed by atoms with Gasteiger partial charge in [0.05, 0.1) is 18.1 Å². The van der Waals surface area contributed by atoms with Crippen molar-refractivity contribution in [2.24, 2.45) is 11.8 Å². The van der Waals surface area contributed by atoms with Crippen LogP contribution in [0.4, 0.5) is 0 Å². The van der Waals surface area contributed by atoms with E-state index in [0.717, 1.165) is 0 Å². The van der Waals surface area contributed by atoms with Gasteiger partial charge in [0.1, 0.15) is 9.52 Å². The molecule has 0 unspecified atom stereocenters. The Morgan fingerprint density at radius 2 is 1.78 bits per heavy atom. The maximum Gasteiger partial charge on any atom is 0.312 e. The first-order chi connectivity index (χ1) is 8.41. The van der Waals surface area contributed by atoms with Gasteiger partial charge in [-0.05, 0) is 32.6 Å². The average Bonchev–Trinajstić information content (AvgIpc) is 2.62. The van der Waals surface area contributed by atoms with Crippen LogP contribution in [0.25, 0.3) is 0 Å². The Kier molecular flexibility index (Phi) is 4.22. The van der Waals surface area contributed by atoms with Crippen molar-refractivity contribution in [2.75, 3.05) is 25.4 Å². The zero-order valence-corrected chi connectivity index (χ0v) is 13.8. The summed E-state index contributed by atoms with van der Waals surface area (Å²) >= 11 is 5.44. The number of hydrogen-bond donors (Lipinski definition) is 0. The zero-order chi connectivity index (χ0) is 13.6. The fourth-order valence-electron chi connectivity index (χ4n) is 2.99. The Morgan fingerprint density at radius 1 is 1.22 bits per heavy atom. The number of rotatable bonds is 4. The van der Waals surface area contributed by atoms with Crippen LogP contribution in [0.5, 0.6) is 0 Å². The summed E-state index contributed by atoms with van der Waals surface area (Å²) in [6.07, 6.45) is 6.24. The fourth-order valence-corrected chi connectivity index (χ4v) is 6.67. The maximum absolute atomic E-state index is 12.1. The molecule has 0 spiro atoms. The van der Waals surface area contributed by atoms with Gasteiger partial charge in [-0.25, -0.2) is 0 Å². The van der Waals surface area contributed by atoms with Gasteiger partial charge in [0.15, 0.2) is 0 Å². The molecule has 0 aromatic carbocycles. The molecule has 0 aromatic heterocycles. The summed E-state index contributed by atoms with van der Waals surface area (Å²) in [7, 11) is 0. The number of thioether (sulfide) groups is 3. The lowest BCUT2D eigenvalue weighted by Crippen LogP contribution is -2.53. The van der Waals surface area contributed by atoms with Crippen molar-refractivity contribution in [1.29, 1.82) is 0 Å². The van der Waals surface area contributed by atoms with Crippen LogP contribution < -0.4 is 0 Å². The molecule has 0 saturated carbocycles. The second-order valence-electron chi connectivity index (χ2n) is 5.11. The monoisotopic (exact) mass is 308 g/mol. The van der Waals surface area contributed by atoms with Crippen molar-refractivity contribution in [3.05, 3.63) is 0 Å². The number of ether oxygens (including phenoxy) is 2. The molecule has 18 heavy (non-hydrogen) atoms. The molecule has 2 bridgehead atoms. The van der Waals surface area contributed by atoms with Gasteiger partial charge in [-0.3, -0.25) is 4.79 Å². The molecule has 2 heterocycles. The molecule has 2 aliphatic heterocycles. The lowest BCUT2D eigenvalue weighted by atomic mass is 9.78. The van der Waals surface area contributed by atoms with Gasteiger partial charge in [0.25, 0.3) is 0 Å². The molecule has 0 aromatic rings. The average molecular weight is 308 g/mol. The number of carbonyl (C=O) groups excluding carboxylic acids is 1. The first-order valence-corrected chi connectivity index (χ1v) is 9.59. The van der Waals surface area contributed by atoms with Gasteiger partial charge in [-0.2, -0.15) is 0 Å². The summed E-state index contributed by atoms with van der Waals surface area (Å²) in [5, 5.41) is 0. The van der Waals surface area contributed by atoms with E-state index < -0.39 is 5.60 Å². The van der Waals surface area contributed by atoms with Gasteiger partial charge < -0.3 is 9.47 Å². The predicted octanol–water partition coefficient (Wildman–Crippen LogP) is 2.70. The van der Waals surface area contributed by atoms with Gasteiger partial charge in [-0.1, -0.05) is 0 Å². The Bertz CT molecular complexity index is 333. The van der Waals surface area contributed by atoms with E-state index in [1.54, 1.807) is 0 Å². The minimum atomic E-state index is -0.429. The molecule has 2 aliphatic rings. The molecule has 0 N–H and O–H groups in total. The molecule has 0 aliphatic carbocycles. The Labute approximate surface area is 121 Å². The van der Waals surface area contributed by atoms with E-state index in [1.165, 1.54) is 0 Å². The predicted molar refractivity (Wildman–Crippen MR) is 80.2 cm³/mol. The maximum atomic E-state index is 12.1. The highest BCUT2D eigenvalue weighted by Crippen LogP contribution is 2.59. The SMILES string of the molecule is CSC(SC)(SC)[C@H]1[C@H]2C(=O)O[C@@H]1COC2(C)C. The van der Waals surface area contributed by atoms with Crippen molar-refractivity contribution in [2.45, 2.75) is 29.0 Å². The highest BCUT2D eigenvalue weighted by Gasteiger charge is 2.63. The van der Waals surface area contributed by atoms with E-state index >= 15 is 0 Å². The van der Waals surface area contributed by atoms with Gasteiger partial charge in [-0.15, -0.1) is 35.3 Å². The van der Waals surface area contributed by atoms with Crippen LogP contribution in [0.15, 0.2) is 0 Å². The van der Waals surface area contributed by atoms with Crippen molar-refractivity contribution in [3.63, 3.8) is 0 Å².